The highest BCUT2D eigenvalue weighted by Crippen LogP contribution is 2.75. The van der Waals surface area contributed by atoms with Crippen LogP contribution >= 0.6 is 0 Å². The molecule has 0 radical (unpaired) electrons. The minimum Gasteiger partial charge on any atom is -0.0622 e. The van der Waals surface area contributed by atoms with E-state index in [4.69, 9.17) is 0 Å². The second-order valence-corrected chi connectivity index (χ2v) is 15.6. The van der Waals surface area contributed by atoms with Crippen LogP contribution in [0.5, 0.6) is 0 Å². The Balaban J connectivity index is 1.35. The molecule has 7 rings (SSSR count). The van der Waals surface area contributed by atoms with Gasteiger partial charge in [-0.1, -0.05) is 55.4 Å². The van der Waals surface area contributed by atoms with Gasteiger partial charge in [-0.3, -0.25) is 0 Å². The van der Waals surface area contributed by atoms with E-state index in [0.717, 1.165) is 118 Å². The van der Waals surface area contributed by atoms with Crippen molar-refractivity contribution in [2.75, 3.05) is 0 Å². The Kier molecular flexibility index (Phi) is 4.53. The molecule has 0 spiro atoms. The molecule has 7 saturated carbocycles. The molecule has 0 N–H and O–H groups in total. The van der Waals surface area contributed by atoms with Gasteiger partial charge in [-0.25, -0.2) is 0 Å². The van der Waals surface area contributed by atoms with Crippen LogP contribution in [-0.2, 0) is 0 Å². The van der Waals surface area contributed by atoms with Gasteiger partial charge < -0.3 is 0 Å². The summed E-state index contributed by atoms with van der Waals surface area (Å²) in [7, 11) is 0. The average molecular weight is 437 g/mol. The first-order valence-electron chi connectivity index (χ1n) is 15.2. The maximum atomic E-state index is 2.70. The zero-order valence-corrected chi connectivity index (χ0v) is 22.4. The van der Waals surface area contributed by atoms with E-state index in [9.17, 15) is 0 Å². The van der Waals surface area contributed by atoms with Gasteiger partial charge >= 0.3 is 0 Å². The van der Waals surface area contributed by atoms with E-state index in [0.29, 0.717) is 0 Å². The van der Waals surface area contributed by atoms with Crippen molar-refractivity contribution in [1.82, 2.24) is 0 Å². The fourth-order valence-electron chi connectivity index (χ4n) is 14.5. The van der Waals surface area contributed by atoms with E-state index in [-0.39, 0.29) is 0 Å². The maximum Gasteiger partial charge on any atom is -0.0313 e. The van der Waals surface area contributed by atoms with Crippen LogP contribution in [0.25, 0.3) is 0 Å². The van der Waals surface area contributed by atoms with Crippen LogP contribution in [0.3, 0.4) is 0 Å². The van der Waals surface area contributed by atoms with Crippen molar-refractivity contribution < 1.29 is 0 Å². The first-order valence-corrected chi connectivity index (χ1v) is 15.2. The van der Waals surface area contributed by atoms with Crippen molar-refractivity contribution in [3.05, 3.63) is 0 Å². The summed E-state index contributed by atoms with van der Waals surface area (Å²) in [6, 6.07) is 0. The highest BCUT2D eigenvalue weighted by molar-refractivity contribution is 5.17. The summed E-state index contributed by atoms with van der Waals surface area (Å²) in [5.74, 6) is 20.8. The number of hydrogen-bond acceptors (Lipinski definition) is 0. The molecule has 16 unspecified atom stereocenters. The van der Waals surface area contributed by atoms with Crippen molar-refractivity contribution in [2.24, 2.45) is 118 Å². The van der Waals surface area contributed by atoms with Crippen LogP contribution in [0, 0.1) is 118 Å². The van der Waals surface area contributed by atoms with Crippen molar-refractivity contribution in [3.63, 3.8) is 0 Å². The number of rotatable bonds is 0. The minimum atomic E-state index is 0.973. The molecule has 180 valence electrons. The third-order valence-electron chi connectivity index (χ3n) is 15.0. The van der Waals surface area contributed by atoms with Crippen LogP contribution < -0.4 is 0 Å². The molecule has 7 fully saturated rings. The molecule has 0 amide bonds. The fourth-order valence-corrected chi connectivity index (χ4v) is 14.5. The lowest BCUT2D eigenvalue weighted by Crippen LogP contribution is -2.63. The summed E-state index contributed by atoms with van der Waals surface area (Å²) in [5, 5.41) is 0. The third kappa shape index (κ3) is 2.33. The molecule has 0 aromatic carbocycles. The zero-order valence-electron chi connectivity index (χ0n) is 22.4. The minimum absolute atomic E-state index is 0.973. The average Bonchev–Trinajstić information content (AvgIpc) is 3.17. The van der Waals surface area contributed by atoms with Gasteiger partial charge in [0.05, 0.1) is 0 Å². The lowest BCUT2D eigenvalue weighted by atomic mass is 9.37. The molecule has 0 heteroatoms. The molecule has 0 aromatic rings. The summed E-state index contributed by atoms with van der Waals surface area (Å²) in [5.41, 5.74) is 0. The molecular weight excluding hydrogens is 384 g/mol. The summed E-state index contributed by atoms with van der Waals surface area (Å²) in [6.07, 6.45) is 6.40. The highest BCUT2D eigenvalue weighted by Gasteiger charge is 2.70. The zero-order chi connectivity index (χ0) is 22.4. The highest BCUT2D eigenvalue weighted by atomic mass is 14.7. The summed E-state index contributed by atoms with van der Waals surface area (Å²) < 4.78 is 0. The molecule has 0 heterocycles. The molecule has 0 aliphatic heterocycles. The smallest absolute Gasteiger partial charge is 0.0313 e. The van der Waals surface area contributed by atoms with E-state index in [1.807, 2.05) is 0 Å². The summed E-state index contributed by atoms with van der Waals surface area (Å²) in [4.78, 5) is 0. The molecule has 0 aromatic heterocycles. The van der Waals surface area contributed by atoms with Gasteiger partial charge in [0.1, 0.15) is 0 Å². The topological polar surface area (TPSA) is 0 Å². The van der Waals surface area contributed by atoms with E-state index in [2.05, 4.69) is 55.4 Å². The Hall–Kier alpha value is 0. The van der Waals surface area contributed by atoms with Crippen LogP contribution in [0.15, 0.2) is 0 Å². The van der Waals surface area contributed by atoms with E-state index < -0.39 is 0 Å². The molecule has 0 nitrogen and oxygen atoms in total. The van der Waals surface area contributed by atoms with E-state index in [1.54, 1.807) is 25.7 Å². The Morgan fingerprint density at radius 2 is 0.500 bits per heavy atom. The molecule has 7 aliphatic rings. The second-order valence-electron chi connectivity index (χ2n) is 15.6. The predicted octanol–water partition coefficient (Wildman–Crippen LogP) is 8.13. The van der Waals surface area contributed by atoms with Crippen molar-refractivity contribution in [1.29, 1.82) is 0 Å². The van der Waals surface area contributed by atoms with Gasteiger partial charge in [0.25, 0.3) is 0 Å². The first-order chi connectivity index (χ1) is 15.2. The van der Waals surface area contributed by atoms with Crippen LogP contribution in [-0.4, -0.2) is 0 Å². The van der Waals surface area contributed by atoms with Crippen LogP contribution in [0.4, 0.5) is 0 Å². The Bertz CT molecular complexity index is 644. The van der Waals surface area contributed by atoms with E-state index in [1.165, 1.54) is 0 Å². The van der Waals surface area contributed by atoms with Crippen LogP contribution in [0.1, 0.15) is 81.1 Å². The lowest BCUT2D eigenvalue weighted by molar-refractivity contribution is -0.201. The predicted molar refractivity (Wildman–Crippen MR) is 134 cm³/mol. The Labute approximate surface area is 199 Å². The van der Waals surface area contributed by atoms with Gasteiger partial charge in [0.15, 0.2) is 0 Å². The van der Waals surface area contributed by atoms with E-state index >= 15 is 0 Å². The van der Waals surface area contributed by atoms with Gasteiger partial charge in [-0.05, 0) is 144 Å². The lowest BCUT2D eigenvalue weighted by Gasteiger charge is -2.68. The monoisotopic (exact) mass is 436 g/mol. The quantitative estimate of drug-likeness (QED) is 0.359. The maximum absolute atomic E-state index is 2.70. The Morgan fingerprint density at radius 1 is 0.281 bits per heavy atom. The van der Waals surface area contributed by atoms with Gasteiger partial charge in [-0.2, -0.15) is 0 Å². The molecule has 7 aliphatic carbocycles. The fraction of sp³-hybridized carbons (Fsp3) is 1.00. The summed E-state index contributed by atoms with van der Waals surface area (Å²) >= 11 is 0. The van der Waals surface area contributed by atoms with Crippen molar-refractivity contribution in [3.8, 4) is 0 Å². The molecule has 0 saturated heterocycles. The normalized spacial score (nSPS) is 71.2. The van der Waals surface area contributed by atoms with Gasteiger partial charge in [0.2, 0.25) is 0 Å². The van der Waals surface area contributed by atoms with Gasteiger partial charge in [0, 0.05) is 0 Å². The Morgan fingerprint density at radius 3 is 0.719 bits per heavy atom. The third-order valence-corrected chi connectivity index (χ3v) is 15.0. The summed E-state index contributed by atoms with van der Waals surface area (Å²) in [6.45, 7) is 21.5. The number of fused-ring (bicyclic) bond motifs is 2. The second kappa shape index (κ2) is 6.81. The number of hydrogen-bond donors (Lipinski definition) is 0. The first kappa shape index (κ1) is 21.3. The van der Waals surface area contributed by atoms with Crippen LogP contribution in [0.2, 0.25) is 0 Å². The van der Waals surface area contributed by atoms with Crippen molar-refractivity contribution in [2.45, 2.75) is 81.1 Å². The molecule has 0 bridgehead atoms. The van der Waals surface area contributed by atoms with Crippen molar-refractivity contribution >= 4 is 0 Å². The van der Waals surface area contributed by atoms with Gasteiger partial charge in [-0.15, -0.1) is 0 Å². The SMILES string of the molecule is CC1CC2C3CC(C)C4C(C)C(C)C5C(C)CC(C6CC(C)C7C(C)C(C)C1C7C26)C3C45. The molecule has 32 heavy (non-hydrogen) atoms. The standard InChI is InChI=1S/C32H52/c1-13-9-21-22-10-15(3)27-19(7)20(8)28-16(4)12-24(30(22)32(27)28)23-11-14(2)26-18(6)17(5)25(13)31(26)29(21)23/h13-32H,9-12H2,1-8H3. The molecule has 16 atom stereocenters. The largest absolute Gasteiger partial charge is 0.0622 e. The molecular formula is C32H52.